The van der Waals surface area contributed by atoms with Crippen molar-refractivity contribution < 1.29 is 22.9 Å². The summed E-state index contributed by atoms with van der Waals surface area (Å²) in [6, 6.07) is 17.7. The molecule has 3 atom stereocenters. The molecule has 3 heterocycles. The number of rotatable bonds is 12. The zero-order valence-electron chi connectivity index (χ0n) is 35.4. The topological polar surface area (TPSA) is 161 Å². The number of anilines is 2. The van der Waals surface area contributed by atoms with Crippen molar-refractivity contribution >= 4 is 50.2 Å². The van der Waals surface area contributed by atoms with Crippen molar-refractivity contribution in [2.45, 2.75) is 88.3 Å². The zero-order chi connectivity index (χ0) is 42.9. The van der Waals surface area contributed by atoms with E-state index in [1.54, 1.807) is 6.07 Å². The van der Waals surface area contributed by atoms with Crippen molar-refractivity contribution in [2.24, 2.45) is 11.3 Å². The Hall–Kier alpha value is -4.25. The van der Waals surface area contributed by atoms with Gasteiger partial charge in [-0.15, -0.1) is 0 Å². The van der Waals surface area contributed by atoms with E-state index in [4.69, 9.17) is 16.3 Å². The lowest BCUT2D eigenvalue weighted by Crippen LogP contribution is -2.47. The van der Waals surface area contributed by atoms with Crippen LogP contribution in [0.1, 0.15) is 81.1 Å². The van der Waals surface area contributed by atoms with Crippen molar-refractivity contribution in [1.29, 1.82) is 0 Å². The number of nitrogens with one attached hydrogen (secondary N) is 4. The number of benzene rings is 3. The third-order valence-electron chi connectivity index (χ3n) is 13.4. The first kappa shape index (κ1) is 43.4. The molecule has 14 nitrogen and oxygen atoms in total. The number of carbonyl (C=O) groups excluding carboxylic acids is 1. The number of hydrogen-bond donors (Lipinski definition) is 4. The normalized spacial score (nSPS) is 24.0. The molecule has 5 aliphatic rings. The van der Waals surface area contributed by atoms with Gasteiger partial charge in [0.1, 0.15) is 11.4 Å². The van der Waals surface area contributed by atoms with Gasteiger partial charge in [0.2, 0.25) is 0 Å². The minimum Gasteiger partial charge on any atom is -0.490 e. The molecule has 8 rings (SSSR count). The second kappa shape index (κ2) is 18.2. The number of nitro groups is 1. The monoisotopic (exact) mass is 874 g/mol. The van der Waals surface area contributed by atoms with Gasteiger partial charge >= 0.3 is 0 Å². The van der Waals surface area contributed by atoms with Gasteiger partial charge in [0, 0.05) is 74.2 Å². The van der Waals surface area contributed by atoms with E-state index in [-0.39, 0.29) is 39.4 Å². The van der Waals surface area contributed by atoms with E-state index in [9.17, 15) is 23.3 Å². The summed E-state index contributed by atoms with van der Waals surface area (Å²) in [6.07, 6.45) is 7.20. The first-order chi connectivity index (χ1) is 29.2. The summed E-state index contributed by atoms with van der Waals surface area (Å²) in [4.78, 5) is 32.2. The van der Waals surface area contributed by atoms with Gasteiger partial charge in [-0.05, 0) is 130 Å². The van der Waals surface area contributed by atoms with Crippen LogP contribution in [0.15, 0.2) is 71.1 Å². The lowest BCUT2D eigenvalue weighted by Gasteiger charge is -2.39. The molecule has 61 heavy (non-hydrogen) atoms. The third-order valence-corrected chi connectivity index (χ3v) is 15.0. The Morgan fingerprint density at radius 2 is 1.74 bits per heavy atom. The van der Waals surface area contributed by atoms with Gasteiger partial charge in [0.05, 0.1) is 21.5 Å². The van der Waals surface area contributed by atoms with Crippen molar-refractivity contribution in [3.8, 4) is 5.75 Å². The van der Waals surface area contributed by atoms with Crippen LogP contribution in [0.5, 0.6) is 5.75 Å². The Balaban J connectivity index is 0.987. The number of nitrogens with zero attached hydrogens (tertiary/aromatic N) is 4. The predicted octanol–water partition coefficient (Wildman–Crippen LogP) is 6.68. The van der Waals surface area contributed by atoms with Crippen LogP contribution < -0.4 is 30.5 Å². The minimum atomic E-state index is -4.50. The predicted molar refractivity (Wildman–Crippen MR) is 240 cm³/mol. The van der Waals surface area contributed by atoms with E-state index in [2.05, 4.69) is 61.6 Å². The molecule has 0 spiro atoms. The molecule has 3 aromatic carbocycles. The summed E-state index contributed by atoms with van der Waals surface area (Å²) < 4.78 is 36.3. The molecule has 3 unspecified atom stereocenters. The summed E-state index contributed by atoms with van der Waals surface area (Å²) in [6.45, 7) is 11.4. The fourth-order valence-electron chi connectivity index (χ4n) is 9.70. The number of piperazine rings is 1. The molecule has 0 radical (unpaired) electrons. The van der Waals surface area contributed by atoms with Crippen LogP contribution in [0.25, 0.3) is 5.57 Å². The molecule has 328 valence electrons. The standard InChI is InChI=1S/C45H59ClN8O6S/c1-45(2)17-14-31(39(27-45)30-4-6-33(46)7-5-30)29-52-20-22-53(23-21-52)35-8-11-38(43(25-35)60-36-9-12-40-32(24-36)28-47-49-40)44(55)50-61(58,59)37-10-13-41(42(26-37)54(56)57)48-34-15-18-51(3)19-16-34/h4-8,10-11,13,25-26,32,34,36,40,47-49H,9,12,14-24,27-29H2,1-3H3,(H,50,55). The molecule has 0 aromatic heterocycles. The number of nitro benzene ring substituents is 1. The molecule has 0 bridgehead atoms. The lowest BCUT2D eigenvalue weighted by atomic mass is 9.72. The van der Waals surface area contributed by atoms with Crippen LogP contribution in [0.2, 0.25) is 5.02 Å². The van der Waals surface area contributed by atoms with Crippen molar-refractivity contribution in [2.75, 3.05) is 69.6 Å². The molecule has 3 aromatic rings. The largest absolute Gasteiger partial charge is 0.490 e. The molecule has 1 saturated carbocycles. The maximum absolute atomic E-state index is 14.0. The van der Waals surface area contributed by atoms with E-state index in [0.29, 0.717) is 17.7 Å². The number of likely N-dealkylation sites (tertiary alicyclic amines) is 1. The minimum absolute atomic E-state index is 0.0274. The van der Waals surface area contributed by atoms with Crippen LogP contribution in [-0.2, 0) is 10.0 Å². The summed E-state index contributed by atoms with van der Waals surface area (Å²) >= 11 is 6.25. The highest BCUT2D eigenvalue weighted by atomic mass is 35.5. The van der Waals surface area contributed by atoms with Gasteiger partial charge in [0.25, 0.3) is 21.6 Å². The summed E-state index contributed by atoms with van der Waals surface area (Å²) in [7, 11) is -2.47. The molecule has 4 fully saturated rings. The molecular weight excluding hydrogens is 816 g/mol. The van der Waals surface area contributed by atoms with Gasteiger partial charge in [-0.1, -0.05) is 43.2 Å². The number of piperidine rings is 1. The van der Waals surface area contributed by atoms with Crippen LogP contribution in [0.3, 0.4) is 0 Å². The quantitative estimate of drug-likeness (QED) is 0.113. The van der Waals surface area contributed by atoms with Crippen molar-refractivity contribution in [3.05, 3.63) is 92.5 Å². The Morgan fingerprint density at radius 3 is 2.48 bits per heavy atom. The molecule has 16 heteroatoms. The van der Waals surface area contributed by atoms with Crippen molar-refractivity contribution in [1.82, 2.24) is 25.4 Å². The third kappa shape index (κ3) is 10.3. The number of hydrazine groups is 1. The SMILES string of the molecule is CN1CCC(Nc2ccc(S(=O)(=O)NC(=O)c3ccc(N4CCN(CC5=C(c6ccc(Cl)cc6)CC(C)(C)CC5)CC4)cc3OC3CCC4NNCC4C3)cc2[N+](=O)[O-])CC1. The lowest BCUT2D eigenvalue weighted by molar-refractivity contribution is -0.384. The Bertz CT molecular complexity index is 2240. The van der Waals surface area contributed by atoms with Gasteiger partial charge < -0.3 is 19.9 Å². The molecule has 1 amide bonds. The van der Waals surface area contributed by atoms with Crippen LogP contribution in [0.4, 0.5) is 17.1 Å². The van der Waals surface area contributed by atoms with Gasteiger partial charge in [-0.3, -0.25) is 30.7 Å². The summed E-state index contributed by atoms with van der Waals surface area (Å²) in [5.74, 6) is -0.159. The second-order valence-electron chi connectivity index (χ2n) is 18.4. The van der Waals surface area contributed by atoms with Crippen LogP contribution in [0, 0.1) is 21.4 Å². The fraction of sp³-hybridized carbons (Fsp3) is 0.533. The number of fused-ring (bicyclic) bond motifs is 1. The number of amides is 1. The zero-order valence-corrected chi connectivity index (χ0v) is 37.0. The van der Waals surface area contributed by atoms with E-state index < -0.39 is 20.9 Å². The average molecular weight is 876 g/mol. The van der Waals surface area contributed by atoms with E-state index in [0.717, 1.165) is 121 Å². The van der Waals surface area contributed by atoms with E-state index in [1.165, 1.54) is 28.8 Å². The number of ether oxygens (including phenoxy) is 1. The highest BCUT2D eigenvalue weighted by Crippen LogP contribution is 2.43. The van der Waals surface area contributed by atoms with Crippen LogP contribution >= 0.6 is 11.6 Å². The number of hydrogen-bond acceptors (Lipinski definition) is 12. The van der Waals surface area contributed by atoms with Gasteiger partial charge in [-0.2, -0.15) is 0 Å². The molecule has 3 aliphatic heterocycles. The van der Waals surface area contributed by atoms with Crippen molar-refractivity contribution in [3.63, 3.8) is 0 Å². The Morgan fingerprint density at radius 1 is 0.984 bits per heavy atom. The Labute approximate surface area is 364 Å². The maximum atomic E-state index is 14.0. The number of sulfonamides is 1. The average Bonchev–Trinajstić information content (AvgIpc) is 3.71. The smallest absolute Gasteiger partial charge is 0.293 e. The molecular formula is C45H59ClN8O6S. The van der Waals surface area contributed by atoms with E-state index in [1.807, 2.05) is 31.3 Å². The summed E-state index contributed by atoms with van der Waals surface area (Å²) in [5.41, 5.74) is 11.9. The van der Waals surface area contributed by atoms with Gasteiger partial charge in [0.15, 0.2) is 0 Å². The first-order valence-electron chi connectivity index (χ1n) is 21.7. The first-order valence-corrected chi connectivity index (χ1v) is 23.6. The Kier molecular flexibility index (Phi) is 13.0. The molecule has 4 N–H and O–H groups in total. The van der Waals surface area contributed by atoms with E-state index >= 15 is 0 Å². The molecule has 2 aliphatic carbocycles. The molecule has 3 saturated heterocycles. The second-order valence-corrected chi connectivity index (χ2v) is 20.5. The number of carbonyl (C=O) groups is 1. The number of halogens is 1. The highest BCUT2D eigenvalue weighted by Gasteiger charge is 2.36. The summed E-state index contributed by atoms with van der Waals surface area (Å²) in [5, 5.41) is 16.1. The maximum Gasteiger partial charge on any atom is 0.293 e. The van der Waals surface area contributed by atoms with Gasteiger partial charge in [-0.25, -0.2) is 13.1 Å². The highest BCUT2D eigenvalue weighted by molar-refractivity contribution is 7.90. The van der Waals surface area contributed by atoms with Crippen LogP contribution in [-0.4, -0.2) is 107 Å². The fourth-order valence-corrected chi connectivity index (χ4v) is 10.8. The number of allylic oxidation sites excluding steroid dienone is 1.